The van der Waals surface area contributed by atoms with Crippen LogP contribution in [0.5, 0.6) is 0 Å². The van der Waals surface area contributed by atoms with Crippen LogP contribution in [0.4, 0.5) is 0 Å². The number of nitriles is 2. The molecule has 0 fully saturated rings. The van der Waals surface area contributed by atoms with Gasteiger partial charge in [-0.05, 0) is 24.5 Å². The van der Waals surface area contributed by atoms with Gasteiger partial charge in [0.1, 0.15) is 5.92 Å². The van der Waals surface area contributed by atoms with Gasteiger partial charge >= 0.3 is 0 Å². The second-order valence-corrected chi connectivity index (χ2v) is 5.06. The summed E-state index contributed by atoms with van der Waals surface area (Å²) in [5, 5.41) is 22.4. The van der Waals surface area contributed by atoms with Crippen molar-refractivity contribution in [2.45, 2.75) is 26.2 Å². The van der Waals surface area contributed by atoms with E-state index in [4.69, 9.17) is 0 Å². The Morgan fingerprint density at radius 1 is 1.29 bits per heavy atom. The topological polar surface area (TPSA) is 89.0 Å². The fraction of sp³-hybridized carbons (Fsp3) is 0.375. The van der Waals surface area contributed by atoms with Crippen LogP contribution >= 0.6 is 0 Å². The number of amides is 1. The molecule has 1 aromatic carbocycles. The van der Waals surface area contributed by atoms with E-state index in [2.05, 4.69) is 17.5 Å². The van der Waals surface area contributed by atoms with Crippen molar-refractivity contribution in [1.29, 1.82) is 10.5 Å². The quantitative estimate of drug-likeness (QED) is 0.916. The Bertz CT molecular complexity index is 634. The van der Waals surface area contributed by atoms with Gasteiger partial charge in [-0.2, -0.15) is 15.6 Å². The largest absolute Gasteiger partial charge is 0.272 e. The summed E-state index contributed by atoms with van der Waals surface area (Å²) in [6.07, 6.45) is 0.912. The van der Waals surface area contributed by atoms with Gasteiger partial charge in [-0.3, -0.25) is 4.79 Å². The molecule has 1 aliphatic heterocycles. The number of hydrazone groups is 1. The normalized spacial score (nSPS) is 18.6. The molecule has 0 aliphatic carbocycles. The van der Waals surface area contributed by atoms with Crippen LogP contribution in [0.3, 0.4) is 0 Å². The van der Waals surface area contributed by atoms with Crippen LogP contribution in [-0.4, -0.2) is 11.6 Å². The predicted octanol–water partition coefficient (Wildman–Crippen LogP) is 2.12. The molecule has 0 saturated heterocycles. The molecular formula is C16H16N4O. The van der Waals surface area contributed by atoms with Crippen molar-refractivity contribution in [3.8, 4) is 12.1 Å². The molecule has 2 rings (SSSR count). The lowest BCUT2D eigenvalue weighted by atomic mass is 9.75. The summed E-state index contributed by atoms with van der Waals surface area (Å²) in [5.74, 6) is -2.22. The minimum Gasteiger partial charge on any atom is -0.272 e. The van der Waals surface area contributed by atoms with Crippen molar-refractivity contribution < 1.29 is 4.79 Å². The van der Waals surface area contributed by atoms with E-state index in [-0.39, 0.29) is 5.91 Å². The SMILES string of the molecule is CCc1ccc(C(C(C#N)C#N)C2C(=O)NN=C2C)cc1. The highest BCUT2D eigenvalue weighted by molar-refractivity contribution is 6.07. The standard InChI is InChI=1S/C16H16N4O/c1-3-11-4-6-12(7-5-11)15(13(8-17)9-18)14-10(2)19-20-16(14)21/h4-7,13-15H,3H2,1-2H3,(H,20,21). The van der Waals surface area contributed by atoms with Crippen LogP contribution in [-0.2, 0) is 11.2 Å². The molecule has 106 valence electrons. The molecular weight excluding hydrogens is 264 g/mol. The summed E-state index contributed by atoms with van der Waals surface area (Å²) in [7, 11) is 0. The highest BCUT2D eigenvalue weighted by Gasteiger charge is 2.40. The van der Waals surface area contributed by atoms with Gasteiger partial charge in [-0.15, -0.1) is 0 Å². The number of nitrogens with one attached hydrogen (secondary N) is 1. The molecule has 1 amide bonds. The fourth-order valence-electron chi connectivity index (χ4n) is 2.64. The first-order chi connectivity index (χ1) is 10.1. The molecule has 5 heteroatoms. The van der Waals surface area contributed by atoms with E-state index in [1.165, 1.54) is 5.56 Å². The Labute approximate surface area is 123 Å². The second kappa shape index (κ2) is 6.19. The van der Waals surface area contributed by atoms with E-state index in [0.717, 1.165) is 12.0 Å². The van der Waals surface area contributed by atoms with Gasteiger partial charge in [-0.1, -0.05) is 31.2 Å². The van der Waals surface area contributed by atoms with Gasteiger partial charge in [0.2, 0.25) is 5.91 Å². The number of carbonyl (C=O) groups excluding carboxylic acids is 1. The van der Waals surface area contributed by atoms with E-state index in [9.17, 15) is 15.3 Å². The molecule has 1 aromatic rings. The molecule has 1 aliphatic rings. The molecule has 0 aromatic heterocycles. The van der Waals surface area contributed by atoms with Gasteiger partial charge in [0.15, 0.2) is 0 Å². The zero-order chi connectivity index (χ0) is 15.4. The van der Waals surface area contributed by atoms with Crippen LogP contribution in [0.1, 0.15) is 30.9 Å². The predicted molar refractivity (Wildman–Crippen MR) is 78.0 cm³/mol. The third kappa shape index (κ3) is 2.78. The first kappa shape index (κ1) is 14.7. The Morgan fingerprint density at radius 3 is 2.33 bits per heavy atom. The van der Waals surface area contributed by atoms with Crippen LogP contribution in [0, 0.1) is 34.5 Å². The van der Waals surface area contributed by atoms with Gasteiger partial charge in [0, 0.05) is 11.6 Å². The summed E-state index contributed by atoms with van der Waals surface area (Å²) in [6, 6.07) is 11.7. The summed E-state index contributed by atoms with van der Waals surface area (Å²) in [5.41, 5.74) is 5.02. The number of rotatable bonds is 4. The Hall–Kier alpha value is -2.66. The number of carbonyl (C=O) groups is 1. The molecule has 1 heterocycles. The maximum atomic E-state index is 12.0. The van der Waals surface area contributed by atoms with E-state index >= 15 is 0 Å². The van der Waals surface area contributed by atoms with Gasteiger partial charge in [0.05, 0.1) is 18.1 Å². The lowest BCUT2D eigenvalue weighted by Crippen LogP contribution is -2.32. The Morgan fingerprint density at radius 2 is 1.90 bits per heavy atom. The average molecular weight is 280 g/mol. The van der Waals surface area contributed by atoms with Crippen molar-refractivity contribution in [3.05, 3.63) is 35.4 Å². The summed E-state index contributed by atoms with van der Waals surface area (Å²) in [4.78, 5) is 12.0. The lowest BCUT2D eigenvalue weighted by Gasteiger charge is -2.23. The van der Waals surface area contributed by atoms with E-state index in [1.807, 2.05) is 36.4 Å². The smallest absolute Gasteiger partial charge is 0.249 e. The zero-order valence-electron chi connectivity index (χ0n) is 12.0. The highest BCUT2D eigenvalue weighted by Crippen LogP contribution is 2.35. The molecule has 0 radical (unpaired) electrons. The Kier molecular flexibility index (Phi) is 4.35. The van der Waals surface area contributed by atoms with Gasteiger partial charge in [0.25, 0.3) is 0 Å². The lowest BCUT2D eigenvalue weighted by molar-refractivity contribution is -0.122. The molecule has 0 saturated carbocycles. The third-order valence-electron chi connectivity index (χ3n) is 3.84. The van der Waals surface area contributed by atoms with Crippen molar-refractivity contribution in [2.75, 3.05) is 0 Å². The van der Waals surface area contributed by atoms with E-state index in [0.29, 0.717) is 5.71 Å². The number of aryl methyl sites for hydroxylation is 1. The molecule has 2 atom stereocenters. The van der Waals surface area contributed by atoms with Crippen LogP contribution < -0.4 is 5.43 Å². The summed E-state index contributed by atoms with van der Waals surface area (Å²) < 4.78 is 0. The maximum absolute atomic E-state index is 12.0. The first-order valence-corrected chi connectivity index (χ1v) is 6.84. The minimum absolute atomic E-state index is 0.257. The molecule has 5 nitrogen and oxygen atoms in total. The van der Waals surface area contributed by atoms with Crippen molar-refractivity contribution in [3.63, 3.8) is 0 Å². The average Bonchev–Trinajstić information content (AvgIpc) is 2.84. The molecule has 1 N–H and O–H groups in total. The van der Waals surface area contributed by atoms with E-state index < -0.39 is 17.8 Å². The maximum Gasteiger partial charge on any atom is 0.249 e. The number of hydrogen-bond donors (Lipinski definition) is 1. The molecule has 2 unspecified atom stereocenters. The van der Waals surface area contributed by atoms with Crippen molar-refractivity contribution in [1.82, 2.24) is 5.43 Å². The van der Waals surface area contributed by atoms with Gasteiger partial charge < -0.3 is 0 Å². The monoisotopic (exact) mass is 280 g/mol. The first-order valence-electron chi connectivity index (χ1n) is 6.84. The van der Waals surface area contributed by atoms with Crippen LogP contribution in [0.25, 0.3) is 0 Å². The second-order valence-electron chi connectivity index (χ2n) is 5.06. The molecule has 0 spiro atoms. The summed E-state index contributed by atoms with van der Waals surface area (Å²) in [6.45, 7) is 3.79. The minimum atomic E-state index is -0.892. The summed E-state index contributed by atoms with van der Waals surface area (Å²) >= 11 is 0. The molecule has 0 bridgehead atoms. The fourth-order valence-corrected chi connectivity index (χ4v) is 2.64. The zero-order valence-corrected chi connectivity index (χ0v) is 12.0. The number of hydrogen-bond acceptors (Lipinski definition) is 4. The van der Waals surface area contributed by atoms with Gasteiger partial charge in [-0.25, -0.2) is 5.43 Å². The van der Waals surface area contributed by atoms with Crippen LogP contribution in [0.2, 0.25) is 0 Å². The Balaban J connectivity index is 2.46. The third-order valence-corrected chi connectivity index (χ3v) is 3.84. The highest BCUT2D eigenvalue weighted by atomic mass is 16.2. The van der Waals surface area contributed by atoms with Crippen molar-refractivity contribution >= 4 is 11.6 Å². The molecule has 21 heavy (non-hydrogen) atoms. The number of benzene rings is 1. The van der Waals surface area contributed by atoms with Crippen molar-refractivity contribution in [2.24, 2.45) is 16.9 Å². The number of nitrogens with zero attached hydrogens (tertiary/aromatic N) is 3. The van der Waals surface area contributed by atoms with E-state index in [1.54, 1.807) is 6.92 Å². The van der Waals surface area contributed by atoms with Crippen LogP contribution in [0.15, 0.2) is 29.4 Å².